The van der Waals surface area contributed by atoms with Crippen molar-refractivity contribution in [3.63, 3.8) is 0 Å². The van der Waals surface area contributed by atoms with Crippen LogP contribution >= 0.6 is 0 Å². The van der Waals surface area contributed by atoms with Crippen molar-refractivity contribution in [3.05, 3.63) is 39.0 Å². The van der Waals surface area contributed by atoms with Gasteiger partial charge >= 0.3 is 5.69 Å². The maximum absolute atomic E-state index is 13.2. The third-order valence-electron chi connectivity index (χ3n) is 7.35. The van der Waals surface area contributed by atoms with Crippen LogP contribution in [0.2, 0.25) is 0 Å². The molecule has 1 atom stereocenters. The molecule has 2 amide bonds. The number of rotatable bonds is 6. The molecule has 1 saturated carbocycles. The zero-order valence-corrected chi connectivity index (χ0v) is 20.6. The fourth-order valence-electron chi connectivity index (χ4n) is 5.37. The minimum Gasteiger partial charge on any atom is -0.497 e. The summed E-state index contributed by atoms with van der Waals surface area (Å²) >= 11 is 0. The third kappa shape index (κ3) is 5.27. The van der Waals surface area contributed by atoms with E-state index in [0.29, 0.717) is 42.8 Å². The van der Waals surface area contributed by atoms with Crippen LogP contribution in [0.1, 0.15) is 32.6 Å². The van der Waals surface area contributed by atoms with Gasteiger partial charge in [-0.1, -0.05) is 0 Å². The van der Waals surface area contributed by atoms with Gasteiger partial charge in [0.05, 0.1) is 18.0 Å². The normalized spacial score (nSPS) is 22.9. The van der Waals surface area contributed by atoms with Crippen LogP contribution in [0.15, 0.2) is 27.8 Å². The van der Waals surface area contributed by atoms with Crippen molar-refractivity contribution < 1.29 is 19.1 Å². The van der Waals surface area contributed by atoms with Gasteiger partial charge in [-0.05, 0) is 56.7 Å². The number of carbonyl (C=O) groups is 2. The lowest BCUT2D eigenvalue weighted by Gasteiger charge is -2.41. The Bertz CT molecular complexity index is 1200. The summed E-state index contributed by atoms with van der Waals surface area (Å²) in [7, 11) is 3.04. The van der Waals surface area contributed by atoms with Gasteiger partial charge in [-0.15, -0.1) is 0 Å². The average Bonchev–Trinajstić information content (AvgIpc) is 2.86. The van der Waals surface area contributed by atoms with Gasteiger partial charge < -0.3 is 24.3 Å². The van der Waals surface area contributed by atoms with Crippen LogP contribution in [-0.2, 0) is 20.9 Å². The molecule has 10 nitrogen and oxygen atoms in total. The summed E-state index contributed by atoms with van der Waals surface area (Å²) in [5, 5.41) is 0.421. The van der Waals surface area contributed by atoms with Gasteiger partial charge in [-0.25, -0.2) is 4.79 Å². The van der Waals surface area contributed by atoms with E-state index in [1.807, 2.05) is 11.8 Å². The topological polar surface area (TPSA) is 114 Å². The van der Waals surface area contributed by atoms with Gasteiger partial charge in [0.1, 0.15) is 12.4 Å². The molecule has 1 aromatic heterocycles. The molecule has 0 spiro atoms. The van der Waals surface area contributed by atoms with E-state index in [1.54, 1.807) is 23.1 Å². The van der Waals surface area contributed by atoms with Gasteiger partial charge in [0.15, 0.2) is 0 Å². The number of hydrogen-bond donors (Lipinski definition) is 1. The lowest BCUT2D eigenvalue weighted by atomic mass is 9.81. The van der Waals surface area contributed by atoms with Crippen molar-refractivity contribution in [2.24, 2.45) is 11.8 Å². The molecule has 1 N–H and O–H groups in total. The Morgan fingerprint density at radius 1 is 1.09 bits per heavy atom. The van der Waals surface area contributed by atoms with Gasteiger partial charge in [0, 0.05) is 45.2 Å². The van der Waals surface area contributed by atoms with Crippen molar-refractivity contribution in [1.29, 1.82) is 0 Å². The van der Waals surface area contributed by atoms with E-state index in [9.17, 15) is 19.2 Å². The highest BCUT2D eigenvalue weighted by atomic mass is 16.5. The minimum atomic E-state index is -0.416. The Morgan fingerprint density at radius 3 is 2.49 bits per heavy atom. The summed E-state index contributed by atoms with van der Waals surface area (Å²) in [5.41, 5.74) is -0.249. The lowest BCUT2D eigenvalue weighted by Crippen LogP contribution is -2.57. The molecule has 1 aliphatic carbocycles. The first kappa shape index (κ1) is 25.0. The molecule has 4 rings (SSSR count). The van der Waals surface area contributed by atoms with Crippen LogP contribution in [-0.4, -0.2) is 77.7 Å². The van der Waals surface area contributed by atoms with E-state index in [1.165, 1.54) is 18.8 Å². The predicted molar refractivity (Wildman–Crippen MR) is 130 cm³/mol. The number of nitrogens with zero attached hydrogens (tertiary/aromatic N) is 3. The number of carbonyl (C=O) groups excluding carboxylic acids is 2. The van der Waals surface area contributed by atoms with Crippen LogP contribution in [0.4, 0.5) is 0 Å². The number of fused-ring (bicyclic) bond motifs is 1. The Morgan fingerprint density at radius 2 is 1.83 bits per heavy atom. The molecule has 0 unspecified atom stereocenters. The maximum Gasteiger partial charge on any atom is 0.328 e. The first-order chi connectivity index (χ1) is 16.8. The molecule has 2 fully saturated rings. The van der Waals surface area contributed by atoms with Crippen molar-refractivity contribution in [2.45, 2.75) is 45.2 Å². The van der Waals surface area contributed by atoms with E-state index < -0.39 is 5.69 Å². The molecule has 0 radical (unpaired) electrons. The fourth-order valence-corrected chi connectivity index (χ4v) is 5.37. The van der Waals surface area contributed by atoms with Crippen molar-refractivity contribution in [1.82, 2.24) is 19.4 Å². The summed E-state index contributed by atoms with van der Waals surface area (Å²) in [4.78, 5) is 57.4. The highest BCUT2D eigenvalue weighted by Gasteiger charge is 2.34. The largest absolute Gasteiger partial charge is 0.497 e. The van der Waals surface area contributed by atoms with Crippen molar-refractivity contribution in [2.75, 3.05) is 40.5 Å². The molecule has 1 aliphatic heterocycles. The van der Waals surface area contributed by atoms with Gasteiger partial charge in [-0.2, -0.15) is 0 Å². The average molecular weight is 487 g/mol. The lowest BCUT2D eigenvalue weighted by molar-refractivity contribution is -0.147. The number of H-pyrrole nitrogens is 1. The highest BCUT2D eigenvalue weighted by Crippen LogP contribution is 2.31. The number of nitrogens with one attached hydrogen (secondary N) is 1. The second kappa shape index (κ2) is 10.6. The molecule has 10 heteroatoms. The number of aromatic amines is 1. The quantitative estimate of drug-likeness (QED) is 0.657. The number of methoxy groups -OCH3 is 2. The molecular formula is C25H34N4O6. The number of hydrogen-bond acceptors (Lipinski definition) is 6. The van der Waals surface area contributed by atoms with Crippen LogP contribution in [0.3, 0.4) is 0 Å². The molecule has 1 saturated heterocycles. The van der Waals surface area contributed by atoms with E-state index in [0.717, 1.165) is 25.7 Å². The van der Waals surface area contributed by atoms with E-state index in [2.05, 4.69) is 4.98 Å². The molecule has 2 aliphatic rings. The van der Waals surface area contributed by atoms with Crippen molar-refractivity contribution >= 4 is 22.7 Å². The third-order valence-corrected chi connectivity index (χ3v) is 7.35. The minimum absolute atomic E-state index is 0.0446. The zero-order chi connectivity index (χ0) is 25.1. The Balaban J connectivity index is 1.36. The molecule has 0 bridgehead atoms. The summed E-state index contributed by atoms with van der Waals surface area (Å²) in [6.07, 6.45) is 3.02. The van der Waals surface area contributed by atoms with Crippen molar-refractivity contribution in [3.8, 4) is 5.75 Å². The molecule has 35 heavy (non-hydrogen) atoms. The second-order valence-corrected chi connectivity index (χ2v) is 9.63. The monoisotopic (exact) mass is 486 g/mol. The zero-order valence-electron chi connectivity index (χ0n) is 20.6. The van der Waals surface area contributed by atoms with Crippen LogP contribution < -0.4 is 16.0 Å². The molecule has 2 heterocycles. The number of aromatic nitrogens is 2. The Labute approximate surface area is 203 Å². The number of amides is 2. The fraction of sp³-hybridized carbons (Fsp3) is 0.600. The number of ether oxygens (including phenoxy) is 2. The SMILES string of the molecule is COCC(=O)N1CCN(C(=O)[C@H]2CC[C@H](Cn3c(=O)[nH]c4ccc(OC)cc4c3=O)CC2)C[C@@H]1C. The van der Waals surface area contributed by atoms with E-state index in [4.69, 9.17) is 9.47 Å². The van der Waals surface area contributed by atoms with Crippen LogP contribution in [0.25, 0.3) is 10.9 Å². The summed E-state index contributed by atoms with van der Waals surface area (Å²) < 4.78 is 11.4. The Kier molecular flexibility index (Phi) is 7.59. The van der Waals surface area contributed by atoms with Crippen LogP contribution in [0, 0.1) is 11.8 Å². The van der Waals surface area contributed by atoms with E-state index >= 15 is 0 Å². The second-order valence-electron chi connectivity index (χ2n) is 9.63. The smallest absolute Gasteiger partial charge is 0.328 e. The number of piperazine rings is 1. The first-order valence-electron chi connectivity index (χ1n) is 12.2. The predicted octanol–water partition coefficient (Wildman–Crippen LogP) is 1.21. The van der Waals surface area contributed by atoms with Gasteiger partial charge in [0.25, 0.3) is 5.56 Å². The number of benzene rings is 1. The van der Waals surface area contributed by atoms with Gasteiger partial charge in [-0.3, -0.25) is 19.0 Å². The first-order valence-corrected chi connectivity index (χ1v) is 12.2. The Hall–Kier alpha value is -3.14. The molecular weight excluding hydrogens is 452 g/mol. The standard InChI is InChI=1S/C25H34N4O6/c1-16-13-27(10-11-28(16)22(30)15-34-2)23(31)18-6-4-17(5-7-18)14-29-24(32)20-12-19(35-3)8-9-21(20)26-25(29)33/h8-9,12,16-18H,4-7,10-11,13-15H2,1-3H3,(H,26,33)/t16-,17-,18-/m0/s1. The van der Waals surface area contributed by atoms with Gasteiger partial charge in [0.2, 0.25) is 11.8 Å². The summed E-state index contributed by atoms with van der Waals surface area (Å²) in [6.45, 7) is 3.92. The molecule has 1 aromatic carbocycles. The highest BCUT2D eigenvalue weighted by molar-refractivity contribution is 5.81. The molecule has 2 aromatic rings. The van der Waals surface area contributed by atoms with Crippen LogP contribution in [0.5, 0.6) is 5.75 Å². The summed E-state index contributed by atoms with van der Waals surface area (Å²) in [6, 6.07) is 4.98. The molecule has 190 valence electrons. The van der Waals surface area contributed by atoms with E-state index in [-0.39, 0.29) is 41.9 Å². The summed E-state index contributed by atoms with van der Waals surface area (Å²) in [5.74, 6) is 0.747. The maximum atomic E-state index is 13.2.